The summed E-state index contributed by atoms with van der Waals surface area (Å²) in [6.45, 7) is 8.13. The maximum absolute atomic E-state index is 9.93. The van der Waals surface area contributed by atoms with E-state index in [2.05, 4.69) is 0 Å². The van der Waals surface area contributed by atoms with Crippen molar-refractivity contribution in [3.05, 3.63) is 0 Å². The van der Waals surface area contributed by atoms with Gasteiger partial charge in [0, 0.05) is 6.42 Å². The Balaban J connectivity index is 2.05. The quantitative estimate of drug-likeness (QED) is 0.749. The molecule has 2 rings (SSSR count). The van der Waals surface area contributed by atoms with Gasteiger partial charge in [-0.3, -0.25) is 0 Å². The van der Waals surface area contributed by atoms with Gasteiger partial charge in [-0.25, -0.2) is 0 Å². The van der Waals surface area contributed by atoms with Crippen molar-refractivity contribution in [2.75, 3.05) is 0 Å². The molecule has 2 fully saturated rings. The monoisotopic (exact) mass is 228 g/mol. The van der Waals surface area contributed by atoms with Gasteiger partial charge in [-0.2, -0.15) is 0 Å². The second-order valence-corrected chi connectivity index (χ2v) is 6.39. The van der Waals surface area contributed by atoms with Crippen molar-refractivity contribution in [2.24, 2.45) is 5.92 Å². The summed E-state index contributed by atoms with van der Waals surface area (Å²) < 4.78 is 12.0. The fourth-order valence-electron chi connectivity index (χ4n) is 3.15. The third-order valence-electron chi connectivity index (χ3n) is 3.46. The van der Waals surface area contributed by atoms with E-state index in [1.165, 1.54) is 0 Å². The van der Waals surface area contributed by atoms with Crippen molar-refractivity contribution in [1.82, 2.24) is 0 Å². The van der Waals surface area contributed by atoms with E-state index in [1.807, 2.05) is 27.7 Å². The molecule has 4 atom stereocenters. The van der Waals surface area contributed by atoms with Gasteiger partial charge in [-0.15, -0.1) is 0 Å². The number of hydrogen-bond donors (Lipinski definition) is 1. The lowest BCUT2D eigenvalue weighted by Crippen LogP contribution is -2.39. The molecule has 0 aromatic carbocycles. The molecule has 3 nitrogen and oxygen atoms in total. The lowest BCUT2D eigenvalue weighted by molar-refractivity contribution is -0.267. The molecule has 0 aromatic rings. The van der Waals surface area contributed by atoms with Gasteiger partial charge >= 0.3 is 0 Å². The Morgan fingerprint density at radius 1 is 1.31 bits per heavy atom. The first-order chi connectivity index (χ1) is 7.29. The molecular formula is C13H24O3. The molecule has 1 heterocycles. The van der Waals surface area contributed by atoms with Crippen LogP contribution in [-0.2, 0) is 9.47 Å². The molecule has 0 aromatic heterocycles. The number of fused-ring (bicyclic) bond motifs is 1. The highest BCUT2D eigenvalue weighted by molar-refractivity contribution is 4.93. The van der Waals surface area contributed by atoms with Crippen LogP contribution in [0.15, 0.2) is 0 Å². The molecule has 2 aliphatic rings. The molecule has 0 amide bonds. The van der Waals surface area contributed by atoms with E-state index in [0.717, 1.165) is 25.7 Å². The van der Waals surface area contributed by atoms with Crippen LogP contribution in [0.3, 0.4) is 0 Å². The molecule has 0 spiro atoms. The van der Waals surface area contributed by atoms with Crippen LogP contribution < -0.4 is 0 Å². The smallest absolute Gasteiger partial charge is 0.167 e. The summed E-state index contributed by atoms with van der Waals surface area (Å²) in [6, 6.07) is 0. The van der Waals surface area contributed by atoms with Crippen molar-refractivity contribution in [1.29, 1.82) is 0 Å². The van der Waals surface area contributed by atoms with Crippen LogP contribution in [-0.4, -0.2) is 28.7 Å². The molecule has 0 radical (unpaired) electrons. The average Bonchev–Trinajstić information content (AvgIpc) is 2.39. The second-order valence-electron chi connectivity index (χ2n) is 6.39. The largest absolute Gasteiger partial charge is 0.390 e. The SMILES string of the molecule is CC(C)(C)OC1(C)C[C@@H]2CCC[C@@H](O)[C@@H]2O1. The maximum atomic E-state index is 9.93. The highest BCUT2D eigenvalue weighted by Gasteiger charge is 2.49. The highest BCUT2D eigenvalue weighted by Crippen LogP contribution is 2.44. The number of rotatable bonds is 1. The first kappa shape index (κ1) is 12.3. The Bertz CT molecular complexity index is 258. The Hall–Kier alpha value is -0.120. The molecule has 16 heavy (non-hydrogen) atoms. The van der Waals surface area contributed by atoms with Crippen molar-refractivity contribution < 1.29 is 14.6 Å². The van der Waals surface area contributed by atoms with Gasteiger partial charge in [0.2, 0.25) is 0 Å². The van der Waals surface area contributed by atoms with E-state index in [4.69, 9.17) is 9.47 Å². The summed E-state index contributed by atoms with van der Waals surface area (Å²) >= 11 is 0. The summed E-state index contributed by atoms with van der Waals surface area (Å²) in [6.07, 6.45) is 3.73. The van der Waals surface area contributed by atoms with Gasteiger partial charge < -0.3 is 14.6 Å². The minimum Gasteiger partial charge on any atom is -0.390 e. The van der Waals surface area contributed by atoms with Crippen molar-refractivity contribution in [3.8, 4) is 0 Å². The fraction of sp³-hybridized carbons (Fsp3) is 1.00. The Labute approximate surface area is 98.1 Å². The van der Waals surface area contributed by atoms with Crippen LogP contribution >= 0.6 is 0 Å². The highest BCUT2D eigenvalue weighted by atomic mass is 16.7. The lowest BCUT2D eigenvalue weighted by Gasteiger charge is -2.34. The van der Waals surface area contributed by atoms with E-state index in [9.17, 15) is 5.11 Å². The molecule has 1 aliphatic heterocycles. The first-order valence-corrected chi connectivity index (χ1v) is 6.35. The number of hydrogen-bond acceptors (Lipinski definition) is 3. The summed E-state index contributed by atoms with van der Waals surface area (Å²) in [7, 11) is 0. The third kappa shape index (κ3) is 2.58. The Morgan fingerprint density at radius 2 is 2.00 bits per heavy atom. The molecule has 1 N–H and O–H groups in total. The normalized spacial score (nSPS) is 44.4. The predicted octanol–water partition coefficient (Wildman–Crippen LogP) is 2.47. The molecule has 1 unspecified atom stereocenters. The second kappa shape index (κ2) is 3.97. The summed E-state index contributed by atoms with van der Waals surface area (Å²) in [5.74, 6) is -0.0464. The van der Waals surface area contributed by atoms with E-state index >= 15 is 0 Å². The van der Waals surface area contributed by atoms with Crippen LogP contribution in [0, 0.1) is 5.92 Å². The molecule has 1 saturated carbocycles. The van der Waals surface area contributed by atoms with Crippen molar-refractivity contribution in [3.63, 3.8) is 0 Å². The molecule has 1 saturated heterocycles. The van der Waals surface area contributed by atoms with Gasteiger partial charge in [-0.05, 0) is 46.5 Å². The standard InChI is InChI=1S/C13H24O3/c1-12(2,3)16-13(4)8-9-6-5-7-10(14)11(9)15-13/h9-11,14H,5-8H2,1-4H3/t9-,10+,11+,13?/m0/s1. The van der Waals surface area contributed by atoms with Gasteiger partial charge in [0.15, 0.2) is 5.79 Å². The zero-order valence-electron chi connectivity index (χ0n) is 10.8. The predicted molar refractivity (Wildman–Crippen MR) is 62.1 cm³/mol. The van der Waals surface area contributed by atoms with Gasteiger partial charge in [0.1, 0.15) is 0 Å². The molecule has 3 heteroatoms. The fourth-order valence-corrected chi connectivity index (χ4v) is 3.15. The average molecular weight is 228 g/mol. The van der Waals surface area contributed by atoms with Crippen molar-refractivity contribution in [2.45, 2.75) is 77.0 Å². The molecular weight excluding hydrogens is 204 g/mol. The Kier molecular flexibility index (Phi) is 3.06. The molecule has 0 bridgehead atoms. The van der Waals surface area contributed by atoms with Gasteiger partial charge in [-0.1, -0.05) is 6.42 Å². The lowest BCUT2D eigenvalue weighted by atomic mass is 9.83. The zero-order chi connectivity index (χ0) is 12.0. The van der Waals surface area contributed by atoms with E-state index in [1.54, 1.807) is 0 Å². The summed E-state index contributed by atoms with van der Waals surface area (Å²) in [5.41, 5.74) is -0.201. The summed E-state index contributed by atoms with van der Waals surface area (Å²) in [5, 5.41) is 9.93. The zero-order valence-corrected chi connectivity index (χ0v) is 10.8. The van der Waals surface area contributed by atoms with Crippen LogP contribution in [0.1, 0.15) is 53.4 Å². The number of aliphatic hydroxyl groups excluding tert-OH is 1. The minimum atomic E-state index is -0.515. The minimum absolute atomic E-state index is 0.0129. The van der Waals surface area contributed by atoms with Crippen LogP contribution in [0.5, 0.6) is 0 Å². The van der Waals surface area contributed by atoms with Crippen LogP contribution in [0.25, 0.3) is 0 Å². The maximum Gasteiger partial charge on any atom is 0.167 e. The van der Waals surface area contributed by atoms with E-state index < -0.39 is 5.79 Å². The van der Waals surface area contributed by atoms with Gasteiger partial charge in [0.05, 0.1) is 17.8 Å². The summed E-state index contributed by atoms with van der Waals surface area (Å²) in [4.78, 5) is 0. The van der Waals surface area contributed by atoms with E-state index in [-0.39, 0.29) is 17.8 Å². The van der Waals surface area contributed by atoms with Crippen molar-refractivity contribution >= 4 is 0 Å². The molecule has 94 valence electrons. The van der Waals surface area contributed by atoms with Crippen LogP contribution in [0.2, 0.25) is 0 Å². The van der Waals surface area contributed by atoms with E-state index in [0.29, 0.717) is 5.92 Å². The molecule has 1 aliphatic carbocycles. The first-order valence-electron chi connectivity index (χ1n) is 6.35. The topological polar surface area (TPSA) is 38.7 Å². The number of ether oxygens (including phenoxy) is 2. The Morgan fingerprint density at radius 3 is 2.56 bits per heavy atom. The third-order valence-corrected chi connectivity index (χ3v) is 3.46. The van der Waals surface area contributed by atoms with Crippen LogP contribution in [0.4, 0.5) is 0 Å². The van der Waals surface area contributed by atoms with Gasteiger partial charge in [0.25, 0.3) is 0 Å². The number of aliphatic hydroxyl groups is 1.